The normalized spacial score (nSPS) is 11.4. The maximum Gasteiger partial charge on any atom is 0.200 e. The molecule has 0 aliphatic heterocycles. The average molecular weight is 348 g/mol. The summed E-state index contributed by atoms with van der Waals surface area (Å²) in [5.74, 6) is 0. The van der Waals surface area contributed by atoms with Crippen LogP contribution in [0.25, 0.3) is 21.8 Å². The van der Waals surface area contributed by atoms with Gasteiger partial charge in [-0.1, -0.05) is 46.4 Å². The molecular formula is C13H4Cl4NO2-. The van der Waals surface area contributed by atoms with Gasteiger partial charge in [0.2, 0.25) is 0 Å². The molecule has 0 aliphatic rings. The van der Waals surface area contributed by atoms with Crippen molar-refractivity contribution in [2.45, 2.75) is 0 Å². The number of pyridine rings is 1. The van der Waals surface area contributed by atoms with Crippen molar-refractivity contribution in [3.05, 3.63) is 59.8 Å². The van der Waals surface area contributed by atoms with Gasteiger partial charge in [-0.15, -0.1) is 0 Å². The first kappa shape index (κ1) is 13.8. The van der Waals surface area contributed by atoms with E-state index in [0.29, 0.717) is 4.73 Å². The Bertz CT molecular complexity index is 861. The highest BCUT2D eigenvalue weighted by Crippen LogP contribution is 2.34. The molecule has 3 nitrogen and oxygen atoms in total. The molecule has 102 valence electrons. The van der Waals surface area contributed by atoms with Crippen molar-refractivity contribution in [2.24, 2.45) is 0 Å². The van der Waals surface area contributed by atoms with Crippen molar-refractivity contribution in [1.82, 2.24) is 4.73 Å². The van der Waals surface area contributed by atoms with E-state index in [4.69, 9.17) is 46.4 Å². The van der Waals surface area contributed by atoms with Crippen LogP contribution in [0.2, 0.25) is 20.1 Å². The van der Waals surface area contributed by atoms with Gasteiger partial charge in [0.1, 0.15) is 0 Å². The molecule has 0 unspecified atom stereocenters. The predicted molar refractivity (Wildman–Crippen MR) is 84.5 cm³/mol. The van der Waals surface area contributed by atoms with E-state index in [2.05, 4.69) is 0 Å². The quantitative estimate of drug-likeness (QED) is 0.530. The second-order valence-corrected chi connectivity index (χ2v) is 5.76. The van der Waals surface area contributed by atoms with Crippen molar-refractivity contribution < 1.29 is 0 Å². The molecule has 3 aromatic rings. The molecular weight excluding hydrogens is 344 g/mol. The molecule has 0 saturated heterocycles. The molecule has 0 amide bonds. The van der Waals surface area contributed by atoms with Crippen LogP contribution in [0.5, 0.6) is 0 Å². The Hall–Kier alpha value is -1.13. The lowest BCUT2D eigenvalue weighted by Gasteiger charge is -2.21. The topological polar surface area (TPSA) is 45.1 Å². The molecule has 1 aromatic heterocycles. The number of nitrogens with zero attached hydrogens (tertiary/aromatic N) is 1. The van der Waals surface area contributed by atoms with E-state index >= 15 is 0 Å². The van der Waals surface area contributed by atoms with E-state index in [9.17, 15) is 10.0 Å². The fourth-order valence-corrected chi connectivity index (χ4v) is 3.09. The first-order valence-electron chi connectivity index (χ1n) is 5.41. The van der Waals surface area contributed by atoms with Gasteiger partial charge in [-0.05, 0) is 24.3 Å². The van der Waals surface area contributed by atoms with E-state index < -0.39 is 5.43 Å². The zero-order chi connectivity index (χ0) is 14.6. The fraction of sp³-hybridized carbons (Fsp3) is 0. The second-order valence-electron chi connectivity index (χ2n) is 4.13. The van der Waals surface area contributed by atoms with Crippen molar-refractivity contribution >= 4 is 68.2 Å². The third-order valence-corrected chi connectivity index (χ3v) is 4.26. The molecule has 1 heterocycles. The summed E-state index contributed by atoms with van der Waals surface area (Å²) in [5, 5.41) is 13.1. The molecule has 0 spiro atoms. The van der Waals surface area contributed by atoms with Crippen molar-refractivity contribution in [2.75, 3.05) is 0 Å². The molecule has 0 aliphatic carbocycles. The molecule has 0 radical (unpaired) electrons. The molecule has 3 rings (SSSR count). The summed E-state index contributed by atoms with van der Waals surface area (Å²) in [7, 11) is 0. The molecule has 0 fully saturated rings. The van der Waals surface area contributed by atoms with E-state index in [0.717, 1.165) is 0 Å². The number of rotatable bonds is 0. The van der Waals surface area contributed by atoms with Gasteiger partial charge in [0.15, 0.2) is 5.43 Å². The monoisotopic (exact) mass is 346 g/mol. The van der Waals surface area contributed by atoms with Gasteiger partial charge in [-0.3, -0.25) is 4.79 Å². The van der Waals surface area contributed by atoms with Gasteiger partial charge >= 0.3 is 0 Å². The van der Waals surface area contributed by atoms with Crippen LogP contribution < -0.4 is 5.43 Å². The van der Waals surface area contributed by atoms with Crippen LogP contribution in [0.15, 0.2) is 29.1 Å². The lowest BCUT2D eigenvalue weighted by Crippen LogP contribution is -2.10. The molecule has 0 saturated carbocycles. The first-order chi connectivity index (χ1) is 9.43. The van der Waals surface area contributed by atoms with Crippen molar-refractivity contribution in [3.8, 4) is 0 Å². The highest BCUT2D eigenvalue weighted by atomic mass is 35.5. The SMILES string of the molecule is O=c1c2c(Cl)ccc(Cl)c2n([O-])c2c(Cl)ccc(Cl)c12. The summed E-state index contributed by atoms with van der Waals surface area (Å²) in [4.78, 5) is 12.5. The lowest BCUT2D eigenvalue weighted by atomic mass is 10.1. The number of aromatic nitrogens is 1. The van der Waals surface area contributed by atoms with Gasteiger partial charge in [-0.25, -0.2) is 0 Å². The smallest absolute Gasteiger partial charge is 0.200 e. The summed E-state index contributed by atoms with van der Waals surface area (Å²) in [6.07, 6.45) is 0. The Morgan fingerprint density at radius 2 is 1.10 bits per heavy atom. The Labute approximate surface area is 132 Å². The summed E-state index contributed by atoms with van der Waals surface area (Å²) < 4.78 is 0.495. The van der Waals surface area contributed by atoms with E-state index in [1.54, 1.807) is 0 Å². The van der Waals surface area contributed by atoms with Gasteiger partial charge in [-0.2, -0.15) is 0 Å². The zero-order valence-corrected chi connectivity index (χ0v) is 12.6. The average Bonchev–Trinajstić information content (AvgIpc) is 2.41. The Kier molecular flexibility index (Phi) is 3.26. The lowest BCUT2D eigenvalue weighted by molar-refractivity contribution is 1.19. The van der Waals surface area contributed by atoms with Gasteiger partial charge in [0.25, 0.3) is 0 Å². The Morgan fingerprint density at radius 1 is 0.750 bits per heavy atom. The predicted octanol–water partition coefficient (Wildman–Crippen LogP) is 5.11. The maximum absolute atomic E-state index is 12.5. The number of benzene rings is 2. The number of halogens is 4. The molecule has 0 N–H and O–H groups in total. The summed E-state index contributed by atoms with van der Waals surface area (Å²) >= 11 is 24.0. The molecule has 20 heavy (non-hydrogen) atoms. The fourth-order valence-electron chi connectivity index (χ4n) is 2.15. The van der Waals surface area contributed by atoms with Crippen LogP contribution >= 0.6 is 46.4 Å². The summed E-state index contributed by atoms with van der Waals surface area (Å²) in [6.45, 7) is 0. The highest BCUT2D eigenvalue weighted by molar-refractivity contribution is 6.43. The molecule has 0 atom stereocenters. The molecule has 2 aromatic carbocycles. The van der Waals surface area contributed by atoms with Gasteiger partial charge in [0, 0.05) is 0 Å². The maximum atomic E-state index is 12.5. The largest absolute Gasteiger partial charge is 0.805 e. The Balaban J connectivity index is 2.81. The standard InChI is InChI=1S/C13H4Cl4NO2/c14-5-1-3-7(16)11-9(5)13(19)10-6(15)2-4-8(17)12(10)18(11)20/h1-4H/q-1. The van der Waals surface area contributed by atoms with Crippen molar-refractivity contribution in [1.29, 1.82) is 0 Å². The zero-order valence-electron chi connectivity index (χ0n) is 9.58. The van der Waals surface area contributed by atoms with Crippen LogP contribution in [-0.2, 0) is 0 Å². The minimum atomic E-state index is -0.470. The minimum absolute atomic E-state index is 0.0131. The van der Waals surface area contributed by atoms with E-state index in [1.807, 2.05) is 0 Å². The third-order valence-electron chi connectivity index (χ3n) is 3.02. The Morgan fingerprint density at radius 3 is 1.50 bits per heavy atom. The van der Waals surface area contributed by atoms with E-state index in [1.165, 1.54) is 24.3 Å². The molecule has 0 bridgehead atoms. The van der Waals surface area contributed by atoms with Crippen LogP contribution in [0.1, 0.15) is 0 Å². The van der Waals surface area contributed by atoms with Crippen LogP contribution in [-0.4, -0.2) is 4.73 Å². The highest BCUT2D eigenvalue weighted by Gasteiger charge is 2.16. The first-order valence-corrected chi connectivity index (χ1v) is 6.92. The third kappa shape index (κ3) is 1.78. The van der Waals surface area contributed by atoms with Gasteiger partial charge in [0.05, 0.1) is 41.9 Å². The number of hydrogen-bond donors (Lipinski definition) is 0. The minimum Gasteiger partial charge on any atom is -0.805 e. The van der Waals surface area contributed by atoms with E-state index in [-0.39, 0.29) is 41.9 Å². The number of fused-ring (bicyclic) bond motifs is 2. The number of hydrogen-bond acceptors (Lipinski definition) is 2. The van der Waals surface area contributed by atoms with Crippen LogP contribution in [0, 0.1) is 5.21 Å². The molecule has 7 heteroatoms. The van der Waals surface area contributed by atoms with Gasteiger partial charge < -0.3 is 9.94 Å². The van der Waals surface area contributed by atoms with Crippen LogP contribution in [0.3, 0.4) is 0 Å². The van der Waals surface area contributed by atoms with Crippen molar-refractivity contribution in [3.63, 3.8) is 0 Å². The van der Waals surface area contributed by atoms with Crippen LogP contribution in [0.4, 0.5) is 0 Å². The summed E-state index contributed by atoms with van der Waals surface area (Å²) in [5.41, 5.74) is -0.497. The second kappa shape index (κ2) is 4.71. The summed E-state index contributed by atoms with van der Waals surface area (Å²) in [6, 6.07) is 5.81.